The summed E-state index contributed by atoms with van der Waals surface area (Å²) in [6.45, 7) is 8.65. The lowest BCUT2D eigenvalue weighted by atomic mass is 9.99. The monoisotopic (exact) mass is 457 g/mol. The fourth-order valence-corrected chi connectivity index (χ4v) is 3.06. The quantitative estimate of drug-likeness (QED) is 0.516. The molecule has 0 saturated carbocycles. The van der Waals surface area contributed by atoms with E-state index in [9.17, 15) is 4.79 Å². The molecule has 0 unspecified atom stereocenters. The molecule has 0 N–H and O–H groups in total. The second-order valence-electron chi connectivity index (χ2n) is 7.94. The molecule has 6 nitrogen and oxygen atoms in total. The first-order valence-corrected chi connectivity index (χ1v) is 10.0. The Morgan fingerprint density at radius 2 is 1.93 bits per heavy atom. The summed E-state index contributed by atoms with van der Waals surface area (Å²) in [6.07, 6.45) is 1.61. The summed E-state index contributed by atoms with van der Waals surface area (Å²) in [5.41, 5.74) is 1.25. The number of nitrogens with zero attached hydrogens (tertiary/aromatic N) is 3. The highest BCUT2D eigenvalue weighted by molar-refractivity contribution is 9.10. The Morgan fingerprint density at radius 3 is 2.62 bits per heavy atom. The van der Waals surface area contributed by atoms with Gasteiger partial charge in [-0.25, -0.2) is 4.98 Å². The van der Waals surface area contributed by atoms with E-state index in [0.717, 1.165) is 10.0 Å². The van der Waals surface area contributed by atoms with Gasteiger partial charge in [0.1, 0.15) is 5.82 Å². The molecular weight excluding hydrogens is 434 g/mol. The van der Waals surface area contributed by atoms with Crippen LogP contribution in [-0.2, 0) is 0 Å². The number of methoxy groups -OCH3 is 1. The van der Waals surface area contributed by atoms with Crippen molar-refractivity contribution in [3.63, 3.8) is 0 Å². The number of rotatable bonds is 5. The fourth-order valence-electron chi connectivity index (χ4n) is 2.70. The Bertz CT molecular complexity index is 1130. The van der Waals surface area contributed by atoms with Crippen LogP contribution in [0, 0.1) is 12.3 Å². The molecule has 0 aliphatic heterocycles. The van der Waals surface area contributed by atoms with Crippen LogP contribution in [-0.4, -0.2) is 29.6 Å². The average Bonchev–Trinajstić information content (AvgIpc) is 2.66. The first kappa shape index (κ1) is 21.0. The van der Waals surface area contributed by atoms with Crippen LogP contribution < -0.4 is 15.0 Å². The molecule has 2 aromatic carbocycles. The van der Waals surface area contributed by atoms with E-state index in [1.165, 1.54) is 4.68 Å². The van der Waals surface area contributed by atoms with Gasteiger partial charge in [0.05, 0.1) is 30.8 Å². The smallest absolute Gasteiger partial charge is 0.282 e. The van der Waals surface area contributed by atoms with Crippen molar-refractivity contribution >= 4 is 33.0 Å². The Balaban J connectivity index is 1.93. The van der Waals surface area contributed by atoms with E-state index in [0.29, 0.717) is 34.8 Å². The van der Waals surface area contributed by atoms with Crippen molar-refractivity contribution in [3.8, 4) is 11.5 Å². The standard InChI is InChI=1S/C22H24BrN3O3/c1-14-25-18-8-7-16(23)11-17(18)21(27)26(14)24-12-15-6-9-19(20(10-15)28-5)29-13-22(2,3)4/h6-12H,13H2,1-5H3. The molecule has 1 aromatic heterocycles. The molecule has 0 aliphatic rings. The van der Waals surface area contributed by atoms with E-state index in [2.05, 4.69) is 46.8 Å². The maximum atomic E-state index is 12.8. The van der Waals surface area contributed by atoms with Crippen molar-refractivity contribution in [1.29, 1.82) is 0 Å². The summed E-state index contributed by atoms with van der Waals surface area (Å²) in [7, 11) is 1.60. The van der Waals surface area contributed by atoms with Gasteiger partial charge in [0.15, 0.2) is 11.5 Å². The molecule has 3 rings (SSSR count). The molecule has 0 saturated heterocycles. The third kappa shape index (κ3) is 5.03. The summed E-state index contributed by atoms with van der Waals surface area (Å²) in [4.78, 5) is 17.3. The van der Waals surface area contributed by atoms with Gasteiger partial charge in [-0.05, 0) is 54.3 Å². The van der Waals surface area contributed by atoms with Crippen LogP contribution in [0.25, 0.3) is 10.9 Å². The first-order chi connectivity index (χ1) is 13.7. The largest absolute Gasteiger partial charge is 0.493 e. The molecule has 0 spiro atoms. The Hall–Kier alpha value is -2.67. The summed E-state index contributed by atoms with van der Waals surface area (Å²) in [5, 5.41) is 4.86. The van der Waals surface area contributed by atoms with Crippen LogP contribution in [0.4, 0.5) is 0 Å². The number of fused-ring (bicyclic) bond motifs is 1. The summed E-state index contributed by atoms with van der Waals surface area (Å²) < 4.78 is 13.4. The molecule has 0 atom stereocenters. The Morgan fingerprint density at radius 1 is 1.17 bits per heavy atom. The van der Waals surface area contributed by atoms with E-state index >= 15 is 0 Å². The average molecular weight is 458 g/mol. The maximum absolute atomic E-state index is 12.8. The molecule has 0 fully saturated rings. The third-order valence-electron chi connectivity index (χ3n) is 4.14. The van der Waals surface area contributed by atoms with Gasteiger partial charge in [0, 0.05) is 4.47 Å². The molecule has 29 heavy (non-hydrogen) atoms. The van der Waals surface area contributed by atoms with Gasteiger partial charge in [-0.2, -0.15) is 9.78 Å². The topological polar surface area (TPSA) is 65.7 Å². The highest BCUT2D eigenvalue weighted by Gasteiger charge is 2.13. The van der Waals surface area contributed by atoms with Crippen molar-refractivity contribution in [2.45, 2.75) is 27.7 Å². The van der Waals surface area contributed by atoms with Gasteiger partial charge in [-0.1, -0.05) is 36.7 Å². The minimum atomic E-state index is -0.220. The van der Waals surface area contributed by atoms with E-state index in [-0.39, 0.29) is 11.0 Å². The summed E-state index contributed by atoms with van der Waals surface area (Å²) in [6, 6.07) is 11.0. The number of benzene rings is 2. The molecule has 0 aliphatic carbocycles. The second-order valence-corrected chi connectivity index (χ2v) is 8.86. The van der Waals surface area contributed by atoms with E-state index in [1.54, 1.807) is 26.3 Å². The number of hydrogen-bond acceptors (Lipinski definition) is 5. The molecule has 7 heteroatoms. The SMILES string of the molecule is COc1cc(C=Nn2c(C)nc3ccc(Br)cc3c2=O)ccc1OCC(C)(C)C. The van der Waals surface area contributed by atoms with Gasteiger partial charge in [0.2, 0.25) is 0 Å². The number of aryl methyl sites for hydroxylation is 1. The van der Waals surface area contributed by atoms with Crippen LogP contribution in [0.2, 0.25) is 0 Å². The highest BCUT2D eigenvalue weighted by atomic mass is 79.9. The van der Waals surface area contributed by atoms with E-state index in [4.69, 9.17) is 9.47 Å². The maximum Gasteiger partial charge on any atom is 0.282 e. The number of aromatic nitrogens is 2. The summed E-state index contributed by atoms with van der Waals surface area (Å²) in [5.74, 6) is 1.80. The minimum absolute atomic E-state index is 0.0436. The second kappa shape index (κ2) is 8.37. The van der Waals surface area contributed by atoms with Gasteiger partial charge < -0.3 is 9.47 Å². The first-order valence-electron chi connectivity index (χ1n) is 9.22. The summed E-state index contributed by atoms with van der Waals surface area (Å²) >= 11 is 3.39. The van der Waals surface area contributed by atoms with Crippen LogP contribution in [0.1, 0.15) is 32.2 Å². The molecule has 0 radical (unpaired) electrons. The van der Waals surface area contributed by atoms with E-state index in [1.807, 2.05) is 30.3 Å². The van der Waals surface area contributed by atoms with Crippen LogP contribution >= 0.6 is 15.9 Å². The third-order valence-corrected chi connectivity index (χ3v) is 4.63. The van der Waals surface area contributed by atoms with Crippen molar-refractivity contribution in [3.05, 3.63) is 62.6 Å². The van der Waals surface area contributed by atoms with Gasteiger partial charge >= 0.3 is 0 Å². The minimum Gasteiger partial charge on any atom is -0.493 e. The van der Waals surface area contributed by atoms with Crippen molar-refractivity contribution in [2.75, 3.05) is 13.7 Å². The zero-order valence-corrected chi connectivity index (χ0v) is 18.8. The molecule has 152 valence electrons. The van der Waals surface area contributed by atoms with Gasteiger partial charge in [-0.3, -0.25) is 4.79 Å². The lowest BCUT2D eigenvalue weighted by Crippen LogP contribution is -2.20. The highest BCUT2D eigenvalue weighted by Crippen LogP contribution is 2.29. The van der Waals surface area contributed by atoms with Crippen LogP contribution in [0.5, 0.6) is 11.5 Å². The van der Waals surface area contributed by atoms with Crippen LogP contribution in [0.3, 0.4) is 0 Å². The fraction of sp³-hybridized carbons (Fsp3) is 0.318. The number of ether oxygens (including phenoxy) is 2. The van der Waals surface area contributed by atoms with Crippen LogP contribution in [0.15, 0.2) is 50.8 Å². The van der Waals surface area contributed by atoms with Gasteiger partial charge in [0.25, 0.3) is 5.56 Å². The Kier molecular flexibility index (Phi) is 6.07. The zero-order chi connectivity index (χ0) is 21.2. The predicted molar refractivity (Wildman–Crippen MR) is 119 cm³/mol. The molecule has 3 aromatic rings. The Labute approximate surface area is 178 Å². The zero-order valence-electron chi connectivity index (χ0n) is 17.2. The van der Waals surface area contributed by atoms with E-state index < -0.39 is 0 Å². The van der Waals surface area contributed by atoms with Crippen molar-refractivity contribution < 1.29 is 9.47 Å². The lowest BCUT2D eigenvalue weighted by Gasteiger charge is -2.20. The predicted octanol–water partition coefficient (Wildman–Crippen LogP) is 4.78. The lowest BCUT2D eigenvalue weighted by molar-refractivity contribution is 0.191. The molecule has 1 heterocycles. The van der Waals surface area contributed by atoms with Gasteiger partial charge in [-0.15, -0.1) is 0 Å². The molecular formula is C22H24BrN3O3. The van der Waals surface area contributed by atoms with Crippen molar-refractivity contribution in [1.82, 2.24) is 9.66 Å². The number of halogens is 1. The number of hydrogen-bond donors (Lipinski definition) is 0. The molecule has 0 amide bonds. The normalized spacial score (nSPS) is 11.9. The van der Waals surface area contributed by atoms with Crippen molar-refractivity contribution in [2.24, 2.45) is 10.5 Å². The molecule has 0 bridgehead atoms.